The molecule has 6 heteroatoms. The Hall–Kier alpha value is -2.05. The number of ether oxygens (including phenoxy) is 2. The van der Waals surface area contributed by atoms with Crippen LogP contribution in [-0.2, 0) is 13.0 Å². The maximum absolute atomic E-state index is 12.7. The van der Waals surface area contributed by atoms with E-state index in [-0.39, 0.29) is 5.91 Å². The molecular weight excluding hydrogens is 360 g/mol. The second-order valence-electron chi connectivity index (χ2n) is 7.26. The molecule has 2 aliphatic heterocycles. The molecule has 0 radical (unpaired) electrons. The van der Waals surface area contributed by atoms with Gasteiger partial charge in [0.05, 0.1) is 19.8 Å². The average Bonchev–Trinajstić information content (AvgIpc) is 3.26. The van der Waals surface area contributed by atoms with Crippen LogP contribution in [0.4, 0.5) is 0 Å². The summed E-state index contributed by atoms with van der Waals surface area (Å²) in [6.45, 7) is 3.60. The molecule has 1 fully saturated rings. The second kappa shape index (κ2) is 7.90. The van der Waals surface area contributed by atoms with Crippen molar-refractivity contribution in [1.29, 1.82) is 0 Å². The first-order valence-corrected chi connectivity index (χ1v) is 10.4. The molecule has 0 N–H and O–H groups in total. The number of likely N-dealkylation sites (tertiary alicyclic amines) is 1. The molecule has 5 nitrogen and oxygen atoms in total. The van der Waals surface area contributed by atoms with Gasteiger partial charge in [0.2, 0.25) is 0 Å². The van der Waals surface area contributed by atoms with Crippen LogP contribution in [0.1, 0.15) is 34.3 Å². The third-order valence-electron chi connectivity index (χ3n) is 5.72. The van der Waals surface area contributed by atoms with Crippen molar-refractivity contribution in [3.05, 3.63) is 45.6 Å². The summed E-state index contributed by atoms with van der Waals surface area (Å²) < 4.78 is 10.9. The predicted molar refractivity (Wildman–Crippen MR) is 107 cm³/mol. The number of benzene rings is 1. The van der Waals surface area contributed by atoms with Gasteiger partial charge in [-0.15, -0.1) is 0 Å². The van der Waals surface area contributed by atoms with E-state index in [2.05, 4.69) is 17.0 Å². The molecule has 0 aliphatic carbocycles. The van der Waals surface area contributed by atoms with Crippen molar-refractivity contribution in [2.24, 2.45) is 0 Å². The van der Waals surface area contributed by atoms with Crippen LogP contribution in [0, 0.1) is 0 Å². The van der Waals surface area contributed by atoms with E-state index in [4.69, 9.17) is 9.47 Å². The molecule has 0 spiro atoms. The number of hydrogen-bond donors (Lipinski definition) is 0. The van der Waals surface area contributed by atoms with Crippen molar-refractivity contribution in [3.8, 4) is 11.5 Å². The lowest BCUT2D eigenvalue weighted by Gasteiger charge is -2.41. The summed E-state index contributed by atoms with van der Waals surface area (Å²) in [7, 11) is 3.36. The molecule has 1 saturated heterocycles. The summed E-state index contributed by atoms with van der Waals surface area (Å²) in [4.78, 5) is 17.3. The van der Waals surface area contributed by atoms with E-state index in [0.717, 1.165) is 62.5 Å². The number of rotatable bonds is 4. The van der Waals surface area contributed by atoms with Crippen LogP contribution in [0.25, 0.3) is 0 Å². The Balaban J connectivity index is 1.47. The molecule has 3 heterocycles. The number of carbonyl (C=O) groups excluding carboxylic acids is 1. The normalized spacial score (nSPS) is 20.2. The number of thiophene rings is 1. The molecule has 2 aliphatic rings. The van der Waals surface area contributed by atoms with Gasteiger partial charge in [0.1, 0.15) is 0 Å². The number of piperidine rings is 1. The fourth-order valence-electron chi connectivity index (χ4n) is 4.22. The zero-order valence-corrected chi connectivity index (χ0v) is 16.8. The van der Waals surface area contributed by atoms with Gasteiger partial charge in [-0.2, -0.15) is 11.3 Å². The Kier molecular flexibility index (Phi) is 5.36. The molecule has 0 bridgehead atoms. The third kappa shape index (κ3) is 3.69. The van der Waals surface area contributed by atoms with Crippen LogP contribution in [-0.4, -0.2) is 55.6 Å². The zero-order chi connectivity index (χ0) is 18.8. The Bertz CT molecular complexity index is 806. The quantitative estimate of drug-likeness (QED) is 0.807. The summed E-state index contributed by atoms with van der Waals surface area (Å²) in [6.07, 6.45) is 3.22. The molecule has 1 aromatic carbocycles. The van der Waals surface area contributed by atoms with E-state index >= 15 is 0 Å². The van der Waals surface area contributed by atoms with Crippen molar-refractivity contribution in [1.82, 2.24) is 9.80 Å². The molecule has 2 aromatic rings. The highest BCUT2D eigenvalue weighted by Crippen LogP contribution is 2.34. The first kappa shape index (κ1) is 18.3. The van der Waals surface area contributed by atoms with Crippen molar-refractivity contribution in [2.75, 3.05) is 33.9 Å². The van der Waals surface area contributed by atoms with E-state index in [0.29, 0.717) is 6.04 Å². The van der Waals surface area contributed by atoms with Crippen LogP contribution in [0.15, 0.2) is 29.0 Å². The zero-order valence-electron chi connectivity index (χ0n) is 15.9. The van der Waals surface area contributed by atoms with Crippen LogP contribution in [0.5, 0.6) is 11.5 Å². The van der Waals surface area contributed by atoms with Gasteiger partial charge >= 0.3 is 0 Å². The van der Waals surface area contributed by atoms with Crippen molar-refractivity contribution in [3.63, 3.8) is 0 Å². The van der Waals surface area contributed by atoms with Crippen molar-refractivity contribution in [2.45, 2.75) is 31.8 Å². The number of amides is 1. The minimum Gasteiger partial charge on any atom is -0.493 e. The minimum absolute atomic E-state index is 0.171. The third-order valence-corrected chi connectivity index (χ3v) is 6.40. The van der Waals surface area contributed by atoms with Gasteiger partial charge < -0.3 is 14.4 Å². The van der Waals surface area contributed by atoms with E-state index in [9.17, 15) is 4.79 Å². The van der Waals surface area contributed by atoms with Gasteiger partial charge in [-0.05, 0) is 54.0 Å². The lowest BCUT2D eigenvalue weighted by atomic mass is 9.95. The van der Waals surface area contributed by atoms with Gasteiger partial charge in [-0.25, -0.2) is 0 Å². The summed E-state index contributed by atoms with van der Waals surface area (Å²) in [5, 5.41) is 3.92. The number of methoxy groups -OCH3 is 2. The first-order chi connectivity index (χ1) is 13.2. The van der Waals surface area contributed by atoms with Crippen LogP contribution in [0.2, 0.25) is 0 Å². The SMILES string of the molecule is COc1cc2c(cc1OC)CN(C1CCCN(C(=O)c3ccsc3)C1)CC2. The highest BCUT2D eigenvalue weighted by atomic mass is 32.1. The fraction of sp³-hybridized carbons (Fsp3) is 0.476. The molecule has 0 saturated carbocycles. The molecule has 1 atom stereocenters. The number of hydrogen-bond acceptors (Lipinski definition) is 5. The molecular formula is C21H26N2O3S. The highest BCUT2D eigenvalue weighted by Gasteiger charge is 2.30. The Morgan fingerprint density at radius 1 is 1.15 bits per heavy atom. The fourth-order valence-corrected chi connectivity index (χ4v) is 4.85. The number of fused-ring (bicyclic) bond motifs is 1. The van der Waals surface area contributed by atoms with E-state index in [1.165, 1.54) is 11.1 Å². The Labute approximate surface area is 164 Å². The van der Waals surface area contributed by atoms with Crippen LogP contribution in [0.3, 0.4) is 0 Å². The maximum Gasteiger partial charge on any atom is 0.254 e. The molecule has 1 unspecified atom stereocenters. The molecule has 1 aromatic heterocycles. The largest absolute Gasteiger partial charge is 0.493 e. The number of carbonyl (C=O) groups is 1. The number of nitrogens with zero attached hydrogens (tertiary/aromatic N) is 2. The topological polar surface area (TPSA) is 42.0 Å². The highest BCUT2D eigenvalue weighted by molar-refractivity contribution is 7.08. The molecule has 144 valence electrons. The van der Waals surface area contributed by atoms with Crippen molar-refractivity contribution >= 4 is 17.2 Å². The maximum atomic E-state index is 12.7. The Morgan fingerprint density at radius 3 is 2.63 bits per heavy atom. The van der Waals surface area contributed by atoms with Crippen molar-refractivity contribution < 1.29 is 14.3 Å². The monoisotopic (exact) mass is 386 g/mol. The van der Waals surface area contributed by atoms with Crippen LogP contribution >= 0.6 is 11.3 Å². The summed E-state index contributed by atoms with van der Waals surface area (Å²) >= 11 is 1.58. The van der Waals surface area contributed by atoms with E-state index < -0.39 is 0 Å². The smallest absolute Gasteiger partial charge is 0.254 e. The second-order valence-corrected chi connectivity index (χ2v) is 8.04. The molecule has 1 amide bonds. The van der Waals surface area contributed by atoms with Crippen LogP contribution < -0.4 is 9.47 Å². The molecule has 4 rings (SSSR count). The first-order valence-electron chi connectivity index (χ1n) is 9.49. The van der Waals surface area contributed by atoms with Gasteiger partial charge in [0.25, 0.3) is 5.91 Å². The van der Waals surface area contributed by atoms with E-state index in [1.807, 2.05) is 21.7 Å². The molecule has 27 heavy (non-hydrogen) atoms. The predicted octanol–water partition coefficient (Wildman–Crippen LogP) is 3.43. The lowest BCUT2D eigenvalue weighted by Crippen LogP contribution is -2.50. The average molecular weight is 387 g/mol. The summed E-state index contributed by atoms with van der Waals surface area (Å²) in [5.74, 6) is 1.76. The van der Waals surface area contributed by atoms with E-state index in [1.54, 1.807) is 25.6 Å². The lowest BCUT2D eigenvalue weighted by molar-refractivity contribution is 0.0549. The summed E-state index contributed by atoms with van der Waals surface area (Å²) in [5.41, 5.74) is 3.47. The summed E-state index contributed by atoms with van der Waals surface area (Å²) in [6, 6.07) is 6.56. The standard InChI is InChI=1S/C21H26N2O3S/c1-25-19-10-15-5-8-22(12-17(15)11-20(19)26-2)18-4-3-7-23(13-18)21(24)16-6-9-27-14-16/h6,9-11,14,18H,3-5,7-8,12-13H2,1-2H3. The van der Waals surface area contributed by atoms with Gasteiger partial charge in [-0.3, -0.25) is 9.69 Å². The van der Waals surface area contributed by atoms with Gasteiger partial charge in [-0.1, -0.05) is 0 Å². The van der Waals surface area contributed by atoms with Gasteiger partial charge in [0.15, 0.2) is 11.5 Å². The Morgan fingerprint density at radius 2 is 1.93 bits per heavy atom. The minimum atomic E-state index is 0.171. The van der Waals surface area contributed by atoms with Gasteiger partial charge in [0, 0.05) is 37.6 Å².